The summed E-state index contributed by atoms with van der Waals surface area (Å²) in [5, 5.41) is 16.8. The van der Waals surface area contributed by atoms with Crippen molar-refractivity contribution in [1.82, 2.24) is 0 Å². The van der Waals surface area contributed by atoms with Crippen molar-refractivity contribution < 1.29 is 27.6 Å². The van der Waals surface area contributed by atoms with Crippen molar-refractivity contribution in [2.45, 2.75) is 6.18 Å². The van der Waals surface area contributed by atoms with E-state index in [0.717, 1.165) is 6.07 Å². The van der Waals surface area contributed by atoms with E-state index in [1.54, 1.807) is 0 Å². The maximum Gasteiger partial charge on any atom is 0.526 e. The Labute approximate surface area is 65.6 Å². The maximum absolute atomic E-state index is 11.8. The highest BCUT2D eigenvalue weighted by molar-refractivity contribution is 6.56. The summed E-state index contributed by atoms with van der Waals surface area (Å²) in [6, 6.07) is 1.49. The Bertz CT molecular complexity index is 267. The summed E-state index contributed by atoms with van der Waals surface area (Å²) in [5.74, 6) is -1.24. The zero-order chi connectivity index (χ0) is 9.35. The average molecular weight is 180 g/mol. The van der Waals surface area contributed by atoms with E-state index in [2.05, 4.69) is 4.42 Å². The fourth-order valence-electron chi connectivity index (χ4n) is 0.644. The second-order valence-electron chi connectivity index (χ2n) is 2.07. The van der Waals surface area contributed by atoms with Gasteiger partial charge in [-0.1, -0.05) is 0 Å². The van der Waals surface area contributed by atoms with Gasteiger partial charge in [0, 0.05) is 0 Å². The molecule has 2 N–H and O–H groups in total. The molecule has 12 heavy (non-hydrogen) atoms. The number of rotatable bonds is 1. The monoisotopic (exact) mass is 180 g/mol. The Kier molecular flexibility index (Phi) is 2.16. The fraction of sp³-hybridized carbons (Fsp3) is 0.200. The van der Waals surface area contributed by atoms with Crippen LogP contribution in [-0.2, 0) is 6.18 Å². The van der Waals surface area contributed by atoms with Crippen molar-refractivity contribution in [3.63, 3.8) is 0 Å². The summed E-state index contributed by atoms with van der Waals surface area (Å²) in [4.78, 5) is 0. The van der Waals surface area contributed by atoms with Gasteiger partial charge in [0.25, 0.3) is 0 Å². The number of alkyl halides is 3. The molecule has 0 aliphatic carbocycles. The highest BCUT2D eigenvalue weighted by Crippen LogP contribution is 2.28. The van der Waals surface area contributed by atoms with Gasteiger partial charge in [0.2, 0.25) is 5.76 Å². The van der Waals surface area contributed by atoms with Crippen LogP contribution < -0.4 is 5.66 Å². The summed E-state index contributed by atoms with van der Waals surface area (Å²) < 4.78 is 39.5. The van der Waals surface area contributed by atoms with Crippen LogP contribution in [0.15, 0.2) is 16.5 Å². The minimum Gasteiger partial charge on any atom is -0.460 e. The van der Waals surface area contributed by atoms with E-state index in [4.69, 9.17) is 10.0 Å². The lowest BCUT2D eigenvalue weighted by Crippen LogP contribution is -2.28. The molecule has 0 unspecified atom stereocenters. The van der Waals surface area contributed by atoms with E-state index in [-0.39, 0.29) is 0 Å². The Hall–Kier alpha value is -0.945. The van der Waals surface area contributed by atoms with Gasteiger partial charge in [0.15, 0.2) is 0 Å². The predicted molar refractivity (Wildman–Crippen MR) is 33.5 cm³/mol. The molecule has 0 fully saturated rings. The largest absolute Gasteiger partial charge is 0.526 e. The Morgan fingerprint density at radius 3 is 2.08 bits per heavy atom. The van der Waals surface area contributed by atoms with Crippen LogP contribution in [0.2, 0.25) is 0 Å². The van der Waals surface area contributed by atoms with Gasteiger partial charge in [-0.2, -0.15) is 13.2 Å². The standard InChI is InChI=1S/C5H4BF3O3/c7-5(8,9)3-1-2-4(12-3)6(10)11/h1-2,10-11H. The van der Waals surface area contributed by atoms with Crippen molar-refractivity contribution in [3.05, 3.63) is 17.9 Å². The molecule has 0 amide bonds. The molecule has 0 aliphatic heterocycles. The summed E-state index contributed by atoms with van der Waals surface area (Å²) in [5.41, 5.74) is -0.526. The van der Waals surface area contributed by atoms with Gasteiger partial charge in [0.05, 0.1) is 0 Å². The van der Waals surface area contributed by atoms with Gasteiger partial charge in [-0.15, -0.1) is 0 Å². The van der Waals surface area contributed by atoms with Crippen LogP contribution in [0.5, 0.6) is 0 Å². The van der Waals surface area contributed by atoms with Crippen molar-refractivity contribution in [1.29, 1.82) is 0 Å². The zero-order valence-electron chi connectivity index (χ0n) is 5.67. The highest BCUT2D eigenvalue weighted by atomic mass is 19.4. The van der Waals surface area contributed by atoms with Gasteiger partial charge in [-0.05, 0) is 12.1 Å². The third-order valence-electron chi connectivity index (χ3n) is 1.16. The summed E-state index contributed by atoms with van der Waals surface area (Å²) in [6.07, 6.45) is -4.59. The van der Waals surface area contributed by atoms with E-state index in [0.29, 0.717) is 6.07 Å². The molecule has 0 bridgehead atoms. The first kappa shape index (κ1) is 9.15. The SMILES string of the molecule is OB(O)c1ccc(C(F)(F)F)o1. The van der Waals surface area contributed by atoms with Gasteiger partial charge in [0.1, 0.15) is 5.66 Å². The van der Waals surface area contributed by atoms with E-state index >= 15 is 0 Å². The van der Waals surface area contributed by atoms with Crippen LogP contribution >= 0.6 is 0 Å². The summed E-state index contributed by atoms with van der Waals surface area (Å²) in [7, 11) is -2.01. The molecule has 0 aromatic carbocycles. The minimum absolute atomic E-state index is 0.526. The summed E-state index contributed by atoms with van der Waals surface area (Å²) >= 11 is 0. The molecule has 1 aromatic heterocycles. The summed E-state index contributed by atoms with van der Waals surface area (Å²) in [6.45, 7) is 0. The number of furan rings is 1. The molecular weight excluding hydrogens is 176 g/mol. The average Bonchev–Trinajstić information content (AvgIpc) is 2.30. The van der Waals surface area contributed by atoms with Crippen molar-refractivity contribution in [3.8, 4) is 0 Å². The van der Waals surface area contributed by atoms with E-state index in [1.165, 1.54) is 0 Å². The first-order valence-electron chi connectivity index (χ1n) is 2.94. The van der Waals surface area contributed by atoms with E-state index < -0.39 is 24.7 Å². The molecule has 0 saturated heterocycles. The molecule has 3 nitrogen and oxygen atoms in total. The van der Waals surface area contributed by atoms with Crippen LogP contribution in [0, 0.1) is 0 Å². The van der Waals surface area contributed by atoms with Gasteiger partial charge in [-0.25, -0.2) is 0 Å². The van der Waals surface area contributed by atoms with Gasteiger partial charge < -0.3 is 14.5 Å². The molecule has 1 rings (SSSR count). The maximum atomic E-state index is 11.8. The van der Waals surface area contributed by atoms with Gasteiger partial charge in [-0.3, -0.25) is 0 Å². The molecule has 0 saturated carbocycles. The molecule has 1 aromatic rings. The highest BCUT2D eigenvalue weighted by Gasteiger charge is 2.35. The van der Waals surface area contributed by atoms with Crippen molar-refractivity contribution >= 4 is 12.8 Å². The second-order valence-corrected chi connectivity index (χ2v) is 2.07. The molecule has 7 heteroatoms. The quantitative estimate of drug-likeness (QED) is 0.597. The first-order chi connectivity index (χ1) is 5.41. The van der Waals surface area contributed by atoms with E-state index in [1.807, 2.05) is 0 Å². The number of hydrogen-bond donors (Lipinski definition) is 2. The molecular formula is C5H4BF3O3. The van der Waals surface area contributed by atoms with Crippen LogP contribution in [0.25, 0.3) is 0 Å². The number of hydrogen-bond acceptors (Lipinski definition) is 3. The first-order valence-corrected chi connectivity index (χ1v) is 2.94. The minimum atomic E-state index is -4.59. The second kappa shape index (κ2) is 2.83. The molecule has 66 valence electrons. The molecule has 0 spiro atoms. The van der Waals surface area contributed by atoms with Crippen LogP contribution in [0.3, 0.4) is 0 Å². The Balaban J connectivity index is 2.92. The van der Waals surface area contributed by atoms with Crippen molar-refractivity contribution in [2.75, 3.05) is 0 Å². The molecule has 1 heterocycles. The third kappa shape index (κ3) is 1.80. The molecule has 0 atom stereocenters. The third-order valence-corrected chi connectivity index (χ3v) is 1.16. The topological polar surface area (TPSA) is 53.6 Å². The lowest BCUT2D eigenvalue weighted by atomic mass is 9.88. The Morgan fingerprint density at radius 1 is 1.25 bits per heavy atom. The van der Waals surface area contributed by atoms with Crippen LogP contribution in [0.1, 0.15) is 5.76 Å². The fourth-order valence-corrected chi connectivity index (χ4v) is 0.644. The van der Waals surface area contributed by atoms with Crippen molar-refractivity contribution in [2.24, 2.45) is 0 Å². The zero-order valence-corrected chi connectivity index (χ0v) is 5.67. The smallest absolute Gasteiger partial charge is 0.460 e. The lowest BCUT2D eigenvalue weighted by molar-refractivity contribution is -0.152. The van der Waals surface area contributed by atoms with Crippen LogP contribution in [-0.4, -0.2) is 17.2 Å². The normalized spacial score (nSPS) is 11.8. The molecule has 0 radical (unpaired) electrons. The predicted octanol–water partition coefficient (Wildman–Crippen LogP) is -0.0218. The number of halogens is 3. The molecule has 0 aliphatic rings. The van der Waals surface area contributed by atoms with Crippen LogP contribution in [0.4, 0.5) is 13.2 Å². The van der Waals surface area contributed by atoms with E-state index in [9.17, 15) is 13.2 Å². The Morgan fingerprint density at radius 2 is 1.83 bits per heavy atom. The lowest BCUT2D eigenvalue weighted by Gasteiger charge is -2.00. The van der Waals surface area contributed by atoms with Gasteiger partial charge >= 0.3 is 13.3 Å².